The van der Waals surface area contributed by atoms with Crippen LogP contribution >= 0.6 is 0 Å². The lowest BCUT2D eigenvalue weighted by Gasteiger charge is -2.22. The van der Waals surface area contributed by atoms with Gasteiger partial charge in [-0.1, -0.05) is 257 Å². The Labute approximate surface area is 387 Å². The molecule has 0 rings (SSSR count). The molecule has 3 N–H and O–H groups in total. The average molecular weight is 876 g/mol. The molecule has 2 unspecified atom stereocenters. The summed E-state index contributed by atoms with van der Waals surface area (Å²) in [6.45, 7) is 4.92. The smallest absolute Gasteiger partial charge is 0.305 e. The molecule has 0 aliphatic carbocycles. The fraction of sp³-hybridized carbons (Fsp3) is 0.929. The maximum atomic E-state index is 12.5. The predicted molar refractivity (Wildman–Crippen MR) is 269 cm³/mol. The summed E-state index contributed by atoms with van der Waals surface area (Å²) in [6.07, 6.45) is 60.4. The molecule has 0 aromatic rings. The number of esters is 1. The van der Waals surface area contributed by atoms with Crippen molar-refractivity contribution in [2.24, 2.45) is 0 Å². The normalized spacial score (nSPS) is 12.6. The second-order valence-corrected chi connectivity index (χ2v) is 19.3. The molecule has 0 fully saturated rings. The SMILES string of the molecule is CCCCCCCC/C=C\CCCCCCCCCC(=O)OCCCCCCCCCCCCCC(=O)NC(CO)C(O)CCCCCCCCCCCCCCCCCCC. The molecule has 1 amide bonds. The van der Waals surface area contributed by atoms with E-state index in [1.165, 1.54) is 218 Å². The second kappa shape index (κ2) is 52.2. The van der Waals surface area contributed by atoms with Gasteiger partial charge in [0.15, 0.2) is 0 Å². The minimum atomic E-state index is -0.676. The van der Waals surface area contributed by atoms with Gasteiger partial charge >= 0.3 is 5.97 Å². The van der Waals surface area contributed by atoms with E-state index in [2.05, 4.69) is 31.3 Å². The summed E-state index contributed by atoms with van der Waals surface area (Å²) in [5, 5.41) is 23.3. The Morgan fingerprint density at radius 2 is 0.758 bits per heavy atom. The molecular weight excluding hydrogens is 767 g/mol. The third-order valence-electron chi connectivity index (χ3n) is 13.1. The maximum Gasteiger partial charge on any atom is 0.305 e. The number of ether oxygens (including phenoxy) is 1. The highest BCUT2D eigenvalue weighted by Crippen LogP contribution is 2.17. The number of carbonyl (C=O) groups excluding carboxylic acids is 2. The summed E-state index contributed by atoms with van der Waals surface area (Å²) in [5.41, 5.74) is 0. The van der Waals surface area contributed by atoms with Crippen LogP contribution in [0.5, 0.6) is 0 Å². The molecule has 0 radical (unpaired) electrons. The van der Waals surface area contributed by atoms with Crippen molar-refractivity contribution in [3.05, 3.63) is 12.2 Å². The van der Waals surface area contributed by atoms with Gasteiger partial charge in [-0.05, 0) is 51.4 Å². The van der Waals surface area contributed by atoms with Crippen LogP contribution in [0.2, 0.25) is 0 Å². The van der Waals surface area contributed by atoms with Crippen molar-refractivity contribution in [1.82, 2.24) is 5.32 Å². The van der Waals surface area contributed by atoms with Gasteiger partial charge in [-0.2, -0.15) is 0 Å². The molecule has 0 aliphatic heterocycles. The van der Waals surface area contributed by atoms with Crippen LogP contribution in [-0.2, 0) is 14.3 Å². The van der Waals surface area contributed by atoms with E-state index in [4.69, 9.17) is 4.74 Å². The third kappa shape index (κ3) is 48.1. The summed E-state index contributed by atoms with van der Waals surface area (Å²) in [7, 11) is 0. The highest BCUT2D eigenvalue weighted by Gasteiger charge is 2.20. The number of amides is 1. The molecule has 2 atom stereocenters. The lowest BCUT2D eigenvalue weighted by molar-refractivity contribution is -0.143. The summed E-state index contributed by atoms with van der Waals surface area (Å²) in [6, 6.07) is -0.555. The molecule has 0 heterocycles. The minimum Gasteiger partial charge on any atom is -0.466 e. The average Bonchev–Trinajstić information content (AvgIpc) is 3.27. The summed E-state index contributed by atoms with van der Waals surface area (Å²) in [4.78, 5) is 24.5. The first-order chi connectivity index (χ1) is 30.5. The standard InChI is InChI=1S/C56H109NO5/c1-3-5-7-9-11-13-15-17-19-21-23-25-28-32-36-40-44-48-54(59)53(52-58)57-55(60)49-45-41-37-33-29-27-31-35-39-43-47-51-62-56(61)50-46-42-38-34-30-26-24-22-20-18-16-14-12-10-8-6-4-2/h18,20,53-54,58-59H,3-17,19,21-52H2,1-2H3,(H,57,60)/b20-18-. The summed E-state index contributed by atoms with van der Waals surface area (Å²) < 4.78 is 5.47. The van der Waals surface area contributed by atoms with Gasteiger partial charge in [0.05, 0.1) is 25.4 Å². The number of aliphatic hydroxyl groups excluding tert-OH is 2. The van der Waals surface area contributed by atoms with Crippen LogP contribution in [0.3, 0.4) is 0 Å². The number of aliphatic hydroxyl groups is 2. The zero-order chi connectivity index (χ0) is 45.1. The van der Waals surface area contributed by atoms with Gasteiger partial charge in [0.25, 0.3) is 0 Å². The lowest BCUT2D eigenvalue weighted by Crippen LogP contribution is -2.45. The molecule has 0 spiro atoms. The van der Waals surface area contributed by atoms with E-state index in [1.54, 1.807) is 0 Å². The number of allylic oxidation sites excluding steroid dienone is 2. The zero-order valence-electron chi connectivity index (χ0n) is 41.9. The Morgan fingerprint density at radius 3 is 1.15 bits per heavy atom. The summed E-state index contributed by atoms with van der Waals surface area (Å²) in [5.74, 6) is -0.0677. The first kappa shape index (κ1) is 60.6. The van der Waals surface area contributed by atoms with Crippen LogP contribution in [0.4, 0.5) is 0 Å². The van der Waals surface area contributed by atoms with Gasteiger partial charge in [-0.15, -0.1) is 0 Å². The Bertz CT molecular complexity index is 924. The topological polar surface area (TPSA) is 95.9 Å². The highest BCUT2D eigenvalue weighted by atomic mass is 16.5. The van der Waals surface area contributed by atoms with Crippen molar-refractivity contribution < 1.29 is 24.5 Å². The predicted octanol–water partition coefficient (Wildman–Crippen LogP) is 16.9. The zero-order valence-corrected chi connectivity index (χ0v) is 41.9. The molecule has 0 bridgehead atoms. The monoisotopic (exact) mass is 876 g/mol. The van der Waals surface area contributed by atoms with Crippen LogP contribution < -0.4 is 5.32 Å². The highest BCUT2D eigenvalue weighted by molar-refractivity contribution is 5.76. The molecule has 0 saturated heterocycles. The Morgan fingerprint density at radius 1 is 0.435 bits per heavy atom. The minimum absolute atomic E-state index is 0.0161. The fourth-order valence-electron chi connectivity index (χ4n) is 8.75. The van der Waals surface area contributed by atoms with Gasteiger partial charge in [-0.3, -0.25) is 9.59 Å². The van der Waals surface area contributed by atoms with E-state index in [-0.39, 0.29) is 18.5 Å². The van der Waals surface area contributed by atoms with E-state index >= 15 is 0 Å². The van der Waals surface area contributed by atoms with Gasteiger partial charge in [0.1, 0.15) is 0 Å². The quantitative estimate of drug-likeness (QED) is 0.0321. The molecule has 62 heavy (non-hydrogen) atoms. The van der Waals surface area contributed by atoms with Crippen LogP contribution in [-0.4, -0.2) is 47.4 Å². The van der Waals surface area contributed by atoms with E-state index in [1.807, 2.05) is 0 Å². The molecule has 368 valence electrons. The first-order valence-corrected chi connectivity index (χ1v) is 27.9. The van der Waals surface area contributed by atoms with E-state index in [0.717, 1.165) is 57.8 Å². The van der Waals surface area contributed by atoms with Crippen molar-refractivity contribution in [2.75, 3.05) is 13.2 Å². The van der Waals surface area contributed by atoms with Gasteiger partial charge in [0, 0.05) is 12.8 Å². The van der Waals surface area contributed by atoms with Crippen molar-refractivity contribution >= 4 is 11.9 Å². The van der Waals surface area contributed by atoms with Gasteiger partial charge < -0.3 is 20.3 Å². The van der Waals surface area contributed by atoms with Gasteiger partial charge in [-0.25, -0.2) is 0 Å². The lowest BCUT2D eigenvalue weighted by atomic mass is 10.0. The van der Waals surface area contributed by atoms with Crippen LogP contribution in [0.15, 0.2) is 12.2 Å². The fourth-order valence-corrected chi connectivity index (χ4v) is 8.75. The molecule has 0 saturated carbocycles. The van der Waals surface area contributed by atoms with Crippen molar-refractivity contribution in [3.8, 4) is 0 Å². The van der Waals surface area contributed by atoms with E-state index in [0.29, 0.717) is 25.9 Å². The Balaban J connectivity index is 3.45. The Kier molecular flexibility index (Phi) is 51.0. The van der Waals surface area contributed by atoms with Crippen LogP contribution in [0, 0.1) is 0 Å². The summed E-state index contributed by atoms with van der Waals surface area (Å²) >= 11 is 0. The molecule has 0 aliphatic rings. The molecular formula is C56H109NO5. The number of hydrogen-bond donors (Lipinski definition) is 3. The Hall–Kier alpha value is -1.40. The number of rotatable bonds is 52. The number of hydrogen-bond acceptors (Lipinski definition) is 5. The second-order valence-electron chi connectivity index (χ2n) is 19.3. The van der Waals surface area contributed by atoms with Gasteiger partial charge in [0.2, 0.25) is 5.91 Å². The van der Waals surface area contributed by atoms with Crippen LogP contribution in [0.1, 0.15) is 309 Å². The van der Waals surface area contributed by atoms with Crippen LogP contribution in [0.25, 0.3) is 0 Å². The van der Waals surface area contributed by atoms with Crippen molar-refractivity contribution in [3.63, 3.8) is 0 Å². The first-order valence-electron chi connectivity index (χ1n) is 27.9. The maximum absolute atomic E-state index is 12.5. The molecule has 0 aromatic carbocycles. The third-order valence-corrected chi connectivity index (χ3v) is 13.1. The molecule has 6 heteroatoms. The van der Waals surface area contributed by atoms with Crippen molar-refractivity contribution in [2.45, 2.75) is 321 Å². The molecule has 0 aromatic heterocycles. The van der Waals surface area contributed by atoms with Crippen molar-refractivity contribution in [1.29, 1.82) is 0 Å². The van der Waals surface area contributed by atoms with E-state index in [9.17, 15) is 19.8 Å². The number of unbranched alkanes of at least 4 members (excludes halogenated alkanes) is 39. The number of carbonyl (C=O) groups is 2. The number of nitrogens with one attached hydrogen (secondary N) is 1. The van der Waals surface area contributed by atoms with E-state index < -0.39 is 12.1 Å². The molecule has 6 nitrogen and oxygen atoms in total. The largest absolute Gasteiger partial charge is 0.466 e.